The van der Waals surface area contributed by atoms with E-state index in [9.17, 15) is 24.3 Å². The molecule has 0 saturated carbocycles. The minimum Gasteiger partial charge on any atom is -0.480 e. The second kappa shape index (κ2) is 14.3. The van der Waals surface area contributed by atoms with Gasteiger partial charge in [0.05, 0.1) is 6.04 Å². The number of nitrogens with two attached hydrogens (primary N) is 2. The molecule has 10 nitrogen and oxygen atoms in total. The van der Waals surface area contributed by atoms with Crippen LogP contribution in [-0.4, -0.2) is 70.5 Å². The first kappa shape index (κ1) is 29.1. The first-order valence-electron chi connectivity index (χ1n) is 11.6. The lowest BCUT2D eigenvalue weighted by Gasteiger charge is -2.36. The number of nitrogens with one attached hydrogen (secondary N) is 2. The van der Waals surface area contributed by atoms with E-state index in [-0.39, 0.29) is 12.8 Å². The molecule has 1 aromatic carbocycles. The molecule has 0 aliphatic rings. The molecular weight excluding hydrogens is 438 g/mol. The Kier molecular flexibility index (Phi) is 12.2. The Hall–Kier alpha value is -2.98. The summed E-state index contributed by atoms with van der Waals surface area (Å²) >= 11 is 0. The second-order valence-corrected chi connectivity index (χ2v) is 8.75. The van der Waals surface area contributed by atoms with Crippen LogP contribution in [0.5, 0.6) is 0 Å². The quantitative estimate of drug-likeness (QED) is 0.241. The number of benzene rings is 1. The van der Waals surface area contributed by atoms with Crippen molar-refractivity contribution in [2.24, 2.45) is 11.5 Å². The number of carboxylic acids is 1. The van der Waals surface area contributed by atoms with E-state index in [2.05, 4.69) is 10.6 Å². The first-order chi connectivity index (χ1) is 16.0. The molecule has 0 saturated heterocycles. The molecule has 7 N–H and O–H groups in total. The molecule has 0 fully saturated rings. The van der Waals surface area contributed by atoms with Gasteiger partial charge in [0.2, 0.25) is 17.7 Å². The summed E-state index contributed by atoms with van der Waals surface area (Å²) in [4.78, 5) is 51.8. The highest BCUT2D eigenvalue weighted by Crippen LogP contribution is 2.17. The van der Waals surface area contributed by atoms with E-state index in [1.807, 2.05) is 30.3 Å². The van der Waals surface area contributed by atoms with Gasteiger partial charge in [-0.05, 0) is 59.1 Å². The fourth-order valence-corrected chi connectivity index (χ4v) is 3.57. The zero-order valence-electron chi connectivity index (χ0n) is 20.5. The van der Waals surface area contributed by atoms with Crippen LogP contribution in [0.15, 0.2) is 30.3 Å². The van der Waals surface area contributed by atoms with Gasteiger partial charge in [-0.15, -0.1) is 0 Å². The highest BCUT2D eigenvalue weighted by atomic mass is 16.4. The number of unbranched alkanes of at least 4 members (excludes halogenated alkanes) is 1. The SMILES string of the molecule is CC(C)N(C(=O)[C@H](Cc1ccccc1)NC(=O)[C@H](C)NC(=O)[C@H](C)N)[C@@H](CCCCN)C(=O)O. The topological polar surface area (TPSA) is 168 Å². The van der Waals surface area contributed by atoms with Crippen molar-refractivity contribution in [3.05, 3.63) is 35.9 Å². The molecule has 0 aliphatic carbocycles. The number of carbonyl (C=O) groups is 4. The fourth-order valence-electron chi connectivity index (χ4n) is 3.57. The van der Waals surface area contributed by atoms with E-state index in [4.69, 9.17) is 11.5 Å². The largest absolute Gasteiger partial charge is 0.480 e. The Balaban J connectivity index is 3.21. The number of amides is 3. The van der Waals surface area contributed by atoms with Gasteiger partial charge in [-0.3, -0.25) is 14.4 Å². The van der Waals surface area contributed by atoms with Crippen LogP contribution in [0, 0.1) is 0 Å². The van der Waals surface area contributed by atoms with Gasteiger partial charge in [-0.2, -0.15) is 0 Å². The highest BCUT2D eigenvalue weighted by molar-refractivity contribution is 5.94. The van der Waals surface area contributed by atoms with E-state index < -0.39 is 53.9 Å². The first-order valence-corrected chi connectivity index (χ1v) is 11.6. The summed E-state index contributed by atoms with van der Waals surface area (Å²) < 4.78 is 0. The summed E-state index contributed by atoms with van der Waals surface area (Å²) in [6.07, 6.45) is 1.62. The number of nitrogens with zero attached hydrogens (tertiary/aromatic N) is 1. The maximum atomic E-state index is 13.7. The van der Waals surface area contributed by atoms with Crippen molar-refractivity contribution in [1.29, 1.82) is 0 Å². The lowest BCUT2D eigenvalue weighted by Crippen LogP contribution is -2.59. The molecule has 0 spiro atoms. The zero-order chi connectivity index (χ0) is 25.8. The van der Waals surface area contributed by atoms with Gasteiger partial charge in [0.1, 0.15) is 18.1 Å². The third-order valence-electron chi connectivity index (χ3n) is 5.43. The summed E-state index contributed by atoms with van der Waals surface area (Å²) in [5.41, 5.74) is 11.9. The summed E-state index contributed by atoms with van der Waals surface area (Å²) in [7, 11) is 0. The molecule has 0 radical (unpaired) electrons. The van der Waals surface area contributed by atoms with E-state index in [0.29, 0.717) is 19.4 Å². The molecule has 4 atom stereocenters. The normalized spacial score (nSPS) is 14.6. The molecule has 1 rings (SSSR count). The molecule has 0 heterocycles. The van der Waals surface area contributed by atoms with Crippen molar-refractivity contribution < 1.29 is 24.3 Å². The molecule has 34 heavy (non-hydrogen) atoms. The van der Waals surface area contributed by atoms with Crippen LogP contribution in [0.1, 0.15) is 52.5 Å². The van der Waals surface area contributed by atoms with E-state index >= 15 is 0 Å². The van der Waals surface area contributed by atoms with E-state index in [1.54, 1.807) is 13.8 Å². The Morgan fingerprint density at radius 2 is 1.59 bits per heavy atom. The highest BCUT2D eigenvalue weighted by Gasteiger charge is 2.36. The van der Waals surface area contributed by atoms with E-state index in [0.717, 1.165) is 5.56 Å². The van der Waals surface area contributed by atoms with Gasteiger partial charge in [0.25, 0.3) is 0 Å². The number of hydrogen-bond acceptors (Lipinski definition) is 6. The van der Waals surface area contributed by atoms with Gasteiger partial charge in [0.15, 0.2) is 0 Å². The third kappa shape index (κ3) is 9.11. The number of carbonyl (C=O) groups excluding carboxylic acids is 3. The van der Waals surface area contributed by atoms with Crippen LogP contribution in [0.4, 0.5) is 0 Å². The van der Waals surface area contributed by atoms with Crippen LogP contribution in [-0.2, 0) is 25.6 Å². The number of aliphatic carboxylic acids is 1. The molecule has 0 bridgehead atoms. The van der Waals surface area contributed by atoms with Gasteiger partial charge in [-0.1, -0.05) is 30.3 Å². The third-order valence-corrected chi connectivity index (χ3v) is 5.43. The molecule has 3 amide bonds. The van der Waals surface area contributed by atoms with Crippen molar-refractivity contribution in [2.75, 3.05) is 6.54 Å². The van der Waals surface area contributed by atoms with Crippen LogP contribution in [0.3, 0.4) is 0 Å². The zero-order valence-corrected chi connectivity index (χ0v) is 20.5. The number of hydrogen-bond donors (Lipinski definition) is 5. The van der Waals surface area contributed by atoms with Gasteiger partial charge in [-0.25, -0.2) is 4.79 Å². The molecular formula is C24H39N5O5. The van der Waals surface area contributed by atoms with Gasteiger partial charge >= 0.3 is 5.97 Å². The molecule has 190 valence electrons. The maximum Gasteiger partial charge on any atom is 0.326 e. The van der Waals surface area contributed by atoms with E-state index in [1.165, 1.54) is 18.7 Å². The summed E-state index contributed by atoms with van der Waals surface area (Å²) in [5, 5.41) is 15.1. The predicted molar refractivity (Wildman–Crippen MR) is 130 cm³/mol. The van der Waals surface area contributed by atoms with Gasteiger partial charge < -0.3 is 32.1 Å². The smallest absolute Gasteiger partial charge is 0.326 e. The molecule has 0 aromatic heterocycles. The monoisotopic (exact) mass is 477 g/mol. The summed E-state index contributed by atoms with van der Waals surface area (Å²) in [6, 6.07) is 4.89. The minimum atomic E-state index is -1.11. The molecule has 0 aliphatic heterocycles. The minimum absolute atomic E-state index is 0.164. The Labute approximate surface area is 201 Å². The number of rotatable bonds is 14. The lowest BCUT2D eigenvalue weighted by molar-refractivity contribution is -0.153. The Morgan fingerprint density at radius 3 is 2.09 bits per heavy atom. The van der Waals surface area contributed by atoms with Gasteiger partial charge in [0, 0.05) is 12.5 Å². The van der Waals surface area contributed by atoms with Crippen molar-refractivity contribution in [2.45, 2.75) is 83.6 Å². The average Bonchev–Trinajstić information content (AvgIpc) is 2.77. The predicted octanol–water partition coefficient (Wildman–Crippen LogP) is 0.385. The lowest BCUT2D eigenvalue weighted by atomic mass is 10.0. The summed E-state index contributed by atoms with van der Waals surface area (Å²) in [5.74, 6) is -2.68. The molecule has 10 heteroatoms. The van der Waals surface area contributed by atoms with Crippen LogP contribution < -0.4 is 22.1 Å². The Morgan fingerprint density at radius 1 is 0.971 bits per heavy atom. The number of carboxylic acid groups (broad SMARTS) is 1. The van der Waals surface area contributed by atoms with Crippen molar-refractivity contribution in [3.63, 3.8) is 0 Å². The van der Waals surface area contributed by atoms with Crippen molar-refractivity contribution in [1.82, 2.24) is 15.5 Å². The fraction of sp³-hybridized carbons (Fsp3) is 0.583. The molecule has 1 aromatic rings. The maximum absolute atomic E-state index is 13.7. The molecule has 0 unspecified atom stereocenters. The van der Waals surface area contributed by atoms with Crippen molar-refractivity contribution >= 4 is 23.7 Å². The van der Waals surface area contributed by atoms with Crippen LogP contribution >= 0.6 is 0 Å². The average molecular weight is 478 g/mol. The van der Waals surface area contributed by atoms with Crippen LogP contribution in [0.25, 0.3) is 0 Å². The Bertz CT molecular complexity index is 815. The summed E-state index contributed by atoms with van der Waals surface area (Å²) in [6.45, 7) is 6.90. The van der Waals surface area contributed by atoms with Crippen molar-refractivity contribution in [3.8, 4) is 0 Å². The van der Waals surface area contributed by atoms with Crippen LogP contribution in [0.2, 0.25) is 0 Å². The standard InChI is InChI=1S/C24H39N5O5/c1-15(2)29(20(24(33)34)12-8-9-13-25)23(32)19(14-18-10-6-5-7-11-18)28-22(31)17(4)27-21(30)16(3)26/h5-7,10-11,15-17,19-20H,8-9,12-14,25-26H2,1-4H3,(H,27,30)(H,28,31)(H,33,34)/t16-,17-,19-,20-/m0/s1. The second-order valence-electron chi connectivity index (χ2n) is 8.75.